The first kappa shape index (κ1) is 15.7. The summed E-state index contributed by atoms with van der Waals surface area (Å²) in [5.41, 5.74) is 0.841. The quantitative estimate of drug-likeness (QED) is 0.848. The van der Waals surface area contributed by atoms with Crippen LogP contribution in [0.4, 0.5) is 5.95 Å². The molecule has 1 aromatic carbocycles. The van der Waals surface area contributed by atoms with Crippen LogP contribution in [0.25, 0.3) is 0 Å². The average Bonchev–Trinajstić information content (AvgIpc) is 2.46. The summed E-state index contributed by atoms with van der Waals surface area (Å²) in [5, 5.41) is 3.53. The molecule has 0 unspecified atom stereocenters. The van der Waals surface area contributed by atoms with Crippen molar-refractivity contribution in [2.75, 3.05) is 11.3 Å². The largest absolute Gasteiger partial charge is 0.313 e. The fourth-order valence-corrected chi connectivity index (χ4v) is 2.92. The second-order valence-electron chi connectivity index (χ2n) is 4.21. The van der Waals surface area contributed by atoms with Crippen molar-refractivity contribution in [3.63, 3.8) is 0 Å². The normalized spacial score (nSPS) is 11.3. The zero-order chi connectivity index (χ0) is 15.3. The van der Waals surface area contributed by atoms with Gasteiger partial charge in [0.25, 0.3) is 10.0 Å². The molecule has 2 rings (SSSR count). The van der Waals surface area contributed by atoms with E-state index < -0.39 is 10.0 Å². The average molecular weight is 327 g/mol. The molecule has 1 aromatic heterocycles. The van der Waals surface area contributed by atoms with Gasteiger partial charge < -0.3 is 5.32 Å². The number of hydrogen-bond acceptors (Lipinski definition) is 5. The second-order valence-corrected chi connectivity index (χ2v) is 6.30. The highest BCUT2D eigenvalue weighted by molar-refractivity contribution is 7.92. The highest BCUT2D eigenvalue weighted by Crippen LogP contribution is 2.22. The molecular weight excluding hydrogens is 312 g/mol. The number of nitrogens with one attached hydrogen (secondary N) is 2. The van der Waals surface area contributed by atoms with Crippen molar-refractivity contribution in [3.05, 3.63) is 47.2 Å². The summed E-state index contributed by atoms with van der Waals surface area (Å²) in [6.07, 6.45) is 2.91. The maximum absolute atomic E-state index is 12.2. The third kappa shape index (κ3) is 4.13. The molecule has 0 atom stereocenters. The van der Waals surface area contributed by atoms with E-state index in [1.165, 1.54) is 24.5 Å². The van der Waals surface area contributed by atoms with Crippen LogP contribution in [0.5, 0.6) is 0 Å². The van der Waals surface area contributed by atoms with Crippen LogP contribution in [-0.2, 0) is 16.6 Å². The number of nitrogens with zero attached hydrogens (tertiary/aromatic N) is 2. The number of benzene rings is 1. The number of anilines is 1. The van der Waals surface area contributed by atoms with Gasteiger partial charge in [-0.1, -0.05) is 24.6 Å². The van der Waals surface area contributed by atoms with Gasteiger partial charge in [-0.15, -0.1) is 0 Å². The Morgan fingerprint density at radius 2 is 1.95 bits per heavy atom. The molecule has 0 fully saturated rings. The molecule has 0 saturated carbocycles. The first-order valence-corrected chi connectivity index (χ1v) is 8.18. The van der Waals surface area contributed by atoms with Gasteiger partial charge in [0.2, 0.25) is 5.95 Å². The lowest BCUT2D eigenvalue weighted by Crippen LogP contribution is -2.16. The molecule has 0 aliphatic heterocycles. The molecule has 0 radical (unpaired) electrons. The van der Waals surface area contributed by atoms with Crippen molar-refractivity contribution < 1.29 is 8.42 Å². The number of sulfonamides is 1. The van der Waals surface area contributed by atoms with Crippen LogP contribution in [0.15, 0.2) is 41.6 Å². The monoisotopic (exact) mass is 326 g/mol. The van der Waals surface area contributed by atoms with Crippen LogP contribution >= 0.6 is 11.6 Å². The molecule has 0 aliphatic carbocycles. The minimum atomic E-state index is -3.75. The number of hydrogen-bond donors (Lipinski definition) is 2. The Morgan fingerprint density at radius 3 is 2.57 bits per heavy atom. The second kappa shape index (κ2) is 6.84. The van der Waals surface area contributed by atoms with Crippen molar-refractivity contribution in [3.8, 4) is 0 Å². The van der Waals surface area contributed by atoms with Gasteiger partial charge in [-0.05, 0) is 30.3 Å². The molecule has 6 nitrogen and oxygen atoms in total. The molecule has 0 saturated heterocycles. The van der Waals surface area contributed by atoms with E-state index in [0.717, 1.165) is 12.1 Å². The van der Waals surface area contributed by atoms with Crippen LogP contribution in [0.3, 0.4) is 0 Å². The summed E-state index contributed by atoms with van der Waals surface area (Å²) in [7, 11) is -3.75. The van der Waals surface area contributed by atoms with Gasteiger partial charge in [-0.3, -0.25) is 0 Å². The SMILES string of the molecule is CCNCc1ccc(S(=O)(=O)Nc2ncccn2)cc1Cl. The van der Waals surface area contributed by atoms with Crippen molar-refractivity contribution in [2.24, 2.45) is 0 Å². The van der Waals surface area contributed by atoms with Gasteiger partial charge in [0.15, 0.2) is 0 Å². The van der Waals surface area contributed by atoms with E-state index in [9.17, 15) is 8.42 Å². The maximum Gasteiger partial charge on any atom is 0.264 e. The number of aromatic nitrogens is 2. The summed E-state index contributed by atoms with van der Waals surface area (Å²) in [6, 6.07) is 6.21. The maximum atomic E-state index is 12.2. The molecule has 0 bridgehead atoms. The first-order valence-electron chi connectivity index (χ1n) is 6.32. The predicted octanol–water partition coefficient (Wildman–Crippen LogP) is 2.04. The molecule has 2 aromatic rings. The molecule has 112 valence electrons. The van der Waals surface area contributed by atoms with Crippen LogP contribution in [0.2, 0.25) is 5.02 Å². The van der Waals surface area contributed by atoms with Crippen molar-refractivity contribution in [2.45, 2.75) is 18.4 Å². The minimum absolute atomic E-state index is 0.0188. The molecule has 2 N–H and O–H groups in total. The molecule has 8 heteroatoms. The van der Waals surface area contributed by atoms with E-state index in [0.29, 0.717) is 11.6 Å². The topological polar surface area (TPSA) is 84.0 Å². The Bertz CT molecular complexity index is 707. The first-order chi connectivity index (χ1) is 10.0. The summed E-state index contributed by atoms with van der Waals surface area (Å²) in [6.45, 7) is 3.38. The van der Waals surface area contributed by atoms with E-state index >= 15 is 0 Å². The smallest absolute Gasteiger partial charge is 0.264 e. The molecule has 21 heavy (non-hydrogen) atoms. The zero-order valence-electron chi connectivity index (χ0n) is 11.4. The third-order valence-corrected chi connectivity index (χ3v) is 4.37. The Hall–Kier alpha value is -1.70. The summed E-state index contributed by atoms with van der Waals surface area (Å²) < 4.78 is 26.7. The standard InChI is InChI=1S/C13H15ClN4O2S/c1-2-15-9-10-4-5-11(8-12(10)14)21(19,20)18-13-16-6-3-7-17-13/h3-8,15H,2,9H2,1H3,(H,16,17,18). The van der Waals surface area contributed by atoms with E-state index in [4.69, 9.17) is 11.6 Å². The lowest BCUT2D eigenvalue weighted by molar-refractivity contribution is 0.600. The van der Waals surface area contributed by atoms with Crippen molar-refractivity contribution in [1.29, 1.82) is 0 Å². The Kier molecular flexibility index (Phi) is 5.11. The molecule has 1 heterocycles. The lowest BCUT2D eigenvalue weighted by atomic mass is 10.2. The summed E-state index contributed by atoms with van der Waals surface area (Å²) >= 11 is 6.11. The van der Waals surface area contributed by atoms with Gasteiger partial charge in [0, 0.05) is 24.0 Å². The summed E-state index contributed by atoms with van der Waals surface area (Å²) in [4.78, 5) is 7.72. The molecule has 0 aliphatic rings. The Labute approximate surface area is 128 Å². The number of halogens is 1. The fraction of sp³-hybridized carbons (Fsp3) is 0.231. The summed E-state index contributed by atoms with van der Waals surface area (Å²) in [5.74, 6) is 0.0188. The van der Waals surface area contributed by atoms with Crippen LogP contribution in [0, 0.1) is 0 Å². The zero-order valence-corrected chi connectivity index (χ0v) is 12.9. The Morgan fingerprint density at radius 1 is 1.24 bits per heavy atom. The van der Waals surface area contributed by atoms with Crippen molar-refractivity contribution in [1.82, 2.24) is 15.3 Å². The van der Waals surface area contributed by atoms with Gasteiger partial charge in [-0.2, -0.15) is 0 Å². The van der Waals surface area contributed by atoms with Crippen LogP contribution in [-0.4, -0.2) is 24.9 Å². The molecular formula is C13H15ClN4O2S. The Balaban J connectivity index is 2.22. The van der Waals surface area contributed by atoms with Crippen molar-refractivity contribution >= 4 is 27.6 Å². The highest BCUT2D eigenvalue weighted by Gasteiger charge is 2.16. The number of rotatable bonds is 6. The van der Waals surface area contributed by atoms with Gasteiger partial charge >= 0.3 is 0 Å². The van der Waals surface area contributed by atoms with Gasteiger partial charge in [-0.25, -0.2) is 23.1 Å². The highest BCUT2D eigenvalue weighted by atomic mass is 35.5. The molecule has 0 spiro atoms. The van der Waals surface area contributed by atoms with Gasteiger partial charge in [0.05, 0.1) is 4.90 Å². The lowest BCUT2D eigenvalue weighted by Gasteiger charge is -2.09. The van der Waals surface area contributed by atoms with Crippen LogP contribution < -0.4 is 10.0 Å². The third-order valence-electron chi connectivity index (χ3n) is 2.69. The van der Waals surface area contributed by atoms with E-state index in [1.54, 1.807) is 12.1 Å². The molecule has 0 amide bonds. The van der Waals surface area contributed by atoms with E-state index in [1.807, 2.05) is 6.92 Å². The van der Waals surface area contributed by atoms with E-state index in [-0.39, 0.29) is 10.8 Å². The van der Waals surface area contributed by atoms with Gasteiger partial charge in [0.1, 0.15) is 0 Å². The van der Waals surface area contributed by atoms with Crippen LogP contribution in [0.1, 0.15) is 12.5 Å². The fourth-order valence-electron chi connectivity index (χ4n) is 1.63. The van der Waals surface area contributed by atoms with E-state index in [2.05, 4.69) is 20.0 Å². The minimum Gasteiger partial charge on any atom is -0.313 e. The predicted molar refractivity (Wildman–Crippen MR) is 81.7 cm³/mol.